The van der Waals surface area contributed by atoms with Crippen LogP contribution in [0.2, 0.25) is 0 Å². The maximum absolute atomic E-state index is 3.56. The van der Waals surface area contributed by atoms with Crippen LogP contribution in [0.5, 0.6) is 0 Å². The highest BCUT2D eigenvalue weighted by atomic mass is 14.8. The molecule has 1 N–H and O–H groups in total. The average molecular weight is 125 g/mol. The van der Waals surface area contributed by atoms with Gasteiger partial charge in [-0.05, 0) is 13.0 Å². The summed E-state index contributed by atoms with van der Waals surface area (Å²) in [5.41, 5.74) is 1.11. The second-order valence-electron chi connectivity index (χ2n) is 1.59. The van der Waals surface area contributed by atoms with E-state index in [1.807, 2.05) is 32.2 Å². The molecule has 1 nitrogen and oxygen atoms in total. The highest BCUT2D eigenvalue weighted by molar-refractivity contribution is 5.18. The van der Waals surface area contributed by atoms with E-state index in [0.29, 0.717) is 0 Å². The van der Waals surface area contributed by atoms with E-state index in [4.69, 9.17) is 0 Å². The zero-order valence-electron chi connectivity index (χ0n) is 6.02. The van der Waals surface area contributed by atoms with Gasteiger partial charge in [-0.25, -0.2) is 0 Å². The summed E-state index contributed by atoms with van der Waals surface area (Å²) >= 11 is 0. The monoisotopic (exact) mass is 125 g/mol. The van der Waals surface area contributed by atoms with Crippen molar-refractivity contribution >= 4 is 0 Å². The van der Waals surface area contributed by atoms with E-state index >= 15 is 0 Å². The first-order valence-corrected chi connectivity index (χ1v) is 2.98. The minimum atomic E-state index is 0. The molecule has 0 aliphatic heterocycles. The highest BCUT2D eigenvalue weighted by Gasteiger charge is 1.77. The molecule has 0 aliphatic rings. The third-order valence-electron chi connectivity index (χ3n) is 1.01. The van der Waals surface area contributed by atoms with Crippen LogP contribution in [0.25, 0.3) is 0 Å². The van der Waals surface area contributed by atoms with Gasteiger partial charge in [0.15, 0.2) is 0 Å². The van der Waals surface area contributed by atoms with E-state index in [1.165, 1.54) is 0 Å². The second-order valence-corrected chi connectivity index (χ2v) is 1.59. The Bertz CT molecular complexity index is 136. The smallest absolute Gasteiger partial charge is 0.0294 e. The van der Waals surface area contributed by atoms with Gasteiger partial charge in [-0.15, -0.1) is 0 Å². The maximum Gasteiger partial charge on any atom is 0.0294 e. The number of hydrogen-bond acceptors (Lipinski definition) is 1. The molecule has 0 aromatic rings. The summed E-state index contributed by atoms with van der Waals surface area (Å²) in [4.78, 5) is 0. The van der Waals surface area contributed by atoms with E-state index in [0.717, 1.165) is 5.70 Å². The molecule has 0 radical (unpaired) electrons. The molecular weight excluding hydrogens is 110 g/mol. The zero-order valence-corrected chi connectivity index (χ0v) is 6.02. The van der Waals surface area contributed by atoms with Gasteiger partial charge in [0, 0.05) is 14.2 Å². The average Bonchev–Trinajstić information content (AvgIpc) is 1.91. The predicted octanol–water partition coefficient (Wildman–Crippen LogP) is 2.10. The quantitative estimate of drug-likeness (QED) is 0.569. The summed E-state index contributed by atoms with van der Waals surface area (Å²) < 4.78 is 0. The normalized spacial score (nSPS) is 12.0. The zero-order chi connectivity index (χ0) is 7.11. The van der Waals surface area contributed by atoms with Crippen LogP contribution in [-0.2, 0) is 0 Å². The number of allylic oxidation sites excluding steroid dienone is 4. The molecule has 0 atom stereocenters. The Morgan fingerprint density at radius 1 is 1.67 bits per heavy atom. The van der Waals surface area contributed by atoms with Gasteiger partial charge >= 0.3 is 0 Å². The van der Waals surface area contributed by atoms with E-state index in [2.05, 4.69) is 11.9 Å². The Kier molecular flexibility index (Phi) is 4.60. The van der Waals surface area contributed by atoms with Gasteiger partial charge in [-0.1, -0.05) is 24.8 Å². The third-order valence-corrected chi connectivity index (χ3v) is 1.01. The number of nitrogens with one attached hydrogen (secondary N) is 1. The Labute approximate surface area is 58.3 Å². The fraction of sp³-hybridized carbons (Fsp3) is 0.250. The van der Waals surface area contributed by atoms with E-state index in [9.17, 15) is 0 Å². The van der Waals surface area contributed by atoms with Crippen molar-refractivity contribution in [2.24, 2.45) is 0 Å². The summed E-state index contributed by atoms with van der Waals surface area (Å²) in [7, 11) is 1.89. The molecule has 0 rings (SSSR count). The van der Waals surface area contributed by atoms with E-state index < -0.39 is 0 Å². The third kappa shape index (κ3) is 3.59. The maximum atomic E-state index is 3.56. The SMILES string of the molecule is C=C/C=C\C(=C/C)NC.[HH]. The van der Waals surface area contributed by atoms with Crippen LogP contribution >= 0.6 is 0 Å². The molecule has 9 heavy (non-hydrogen) atoms. The number of rotatable bonds is 3. The fourth-order valence-electron chi connectivity index (χ4n) is 0.496. The molecule has 0 aliphatic carbocycles. The molecule has 0 aromatic heterocycles. The molecule has 0 heterocycles. The lowest BCUT2D eigenvalue weighted by atomic mass is 10.3. The van der Waals surface area contributed by atoms with E-state index in [-0.39, 0.29) is 1.43 Å². The largest absolute Gasteiger partial charge is 0.388 e. The van der Waals surface area contributed by atoms with Gasteiger partial charge in [0.2, 0.25) is 0 Å². The van der Waals surface area contributed by atoms with Crippen LogP contribution in [0, 0.1) is 0 Å². The lowest BCUT2D eigenvalue weighted by Crippen LogP contribution is -2.01. The van der Waals surface area contributed by atoms with Gasteiger partial charge in [0.05, 0.1) is 0 Å². The molecule has 0 aromatic carbocycles. The Balaban J connectivity index is 0. The van der Waals surface area contributed by atoms with Crippen LogP contribution in [0.4, 0.5) is 0 Å². The summed E-state index contributed by atoms with van der Waals surface area (Å²) in [5.74, 6) is 0. The van der Waals surface area contributed by atoms with Gasteiger partial charge in [-0.2, -0.15) is 0 Å². The first-order chi connectivity index (χ1) is 4.35. The van der Waals surface area contributed by atoms with Crippen molar-refractivity contribution in [1.29, 1.82) is 0 Å². The molecule has 0 spiro atoms. The Hall–Kier alpha value is -0.980. The highest BCUT2D eigenvalue weighted by Crippen LogP contribution is 1.88. The fourth-order valence-corrected chi connectivity index (χ4v) is 0.496. The van der Waals surface area contributed by atoms with Gasteiger partial charge in [-0.3, -0.25) is 0 Å². The number of hydrogen-bond donors (Lipinski definition) is 1. The molecule has 0 bridgehead atoms. The Morgan fingerprint density at radius 2 is 2.33 bits per heavy atom. The molecule has 0 fully saturated rings. The van der Waals surface area contributed by atoms with Crippen molar-refractivity contribution in [3.8, 4) is 0 Å². The first-order valence-electron chi connectivity index (χ1n) is 2.98. The van der Waals surface area contributed by atoms with Crippen LogP contribution in [0.1, 0.15) is 8.35 Å². The van der Waals surface area contributed by atoms with Crippen LogP contribution in [0.15, 0.2) is 36.6 Å². The lowest BCUT2D eigenvalue weighted by Gasteiger charge is -1.95. The first kappa shape index (κ1) is 8.02. The summed E-state index contributed by atoms with van der Waals surface area (Å²) in [6.45, 7) is 5.54. The van der Waals surface area contributed by atoms with Gasteiger partial charge in [0.25, 0.3) is 0 Å². The Morgan fingerprint density at radius 3 is 2.67 bits per heavy atom. The van der Waals surface area contributed by atoms with Crippen molar-refractivity contribution in [3.05, 3.63) is 36.6 Å². The van der Waals surface area contributed by atoms with Crippen LogP contribution in [0.3, 0.4) is 0 Å². The summed E-state index contributed by atoms with van der Waals surface area (Å²) in [6, 6.07) is 0. The summed E-state index contributed by atoms with van der Waals surface area (Å²) in [5, 5.41) is 3.01. The minimum Gasteiger partial charge on any atom is -0.388 e. The minimum absolute atomic E-state index is 0. The van der Waals surface area contributed by atoms with E-state index in [1.54, 1.807) is 6.08 Å². The standard InChI is InChI=1S/C8H13N.H2/c1-4-6-7-8(5-2)9-3;/h4-7,9H,1H2,2-3H3;1H/b7-6-,8-5+;. The molecule has 1 heteroatoms. The second kappa shape index (κ2) is 5.16. The predicted molar refractivity (Wildman–Crippen MR) is 44.3 cm³/mol. The molecule has 0 saturated heterocycles. The number of likely N-dealkylation sites (N-methyl/N-ethyl adjacent to an activating group) is 1. The van der Waals surface area contributed by atoms with Crippen molar-refractivity contribution in [1.82, 2.24) is 5.32 Å². The molecule has 0 amide bonds. The topological polar surface area (TPSA) is 12.0 Å². The van der Waals surface area contributed by atoms with Crippen molar-refractivity contribution in [2.75, 3.05) is 7.05 Å². The molecule has 0 unspecified atom stereocenters. The molecule has 0 saturated carbocycles. The van der Waals surface area contributed by atoms with Gasteiger partial charge < -0.3 is 5.32 Å². The lowest BCUT2D eigenvalue weighted by molar-refractivity contribution is 1.03. The van der Waals surface area contributed by atoms with Crippen LogP contribution in [-0.4, -0.2) is 7.05 Å². The molecule has 52 valence electrons. The summed E-state index contributed by atoms with van der Waals surface area (Å²) in [6.07, 6.45) is 7.61. The van der Waals surface area contributed by atoms with Crippen molar-refractivity contribution in [2.45, 2.75) is 6.92 Å². The van der Waals surface area contributed by atoms with Crippen molar-refractivity contribution < 1.29 is 1.43 Å². The van der Waals surface area contributed by atoms with Gasteiger partial charge in [0.1, 0.15) is 0 Å². The van der Waals surface area contributed by atoms with Crippen LogP contribution < -0.4 is 5.32 Å². The molecular formula is C8H15N. The van der Waals surface area contributed by atoms with Crippen molar-refractivity contribution in [3.63, 3.8) is 0 Å².